The molecule has 0 bridgehead atoms. The van der Waals surface area contributed by atoms with E-state index in [-0.39, 0.29) is 11.7 Å². The second kappa shape index (κ2) is 4.31. The number of Topliss-reactive ketones (excluding diaryl/α,β-unsaturated/α-hetero) is 1. The van der Waals surface area contributed by atoms with Crippen LogP contribution in [0.4, 0.5) is 0 Å². The van der Waals surface area contributed by atoms with Gasteiger partial charge in [-0.25, -0.2) is 5.01 Å². The number of carbonyl (C=O) groups excluding carboxylic acids is 2. The van der Waals surface area contributed by atoms with Gasteiger partial charge < -0.3 is 0 Å². The Morgan fingerprint density at radius 3 is 2.67 bits per heavy atom. The molecule has 4 nitrogen and oxygen atoms in total. The topological polar surface area (TPSA) is 40.6 Å². The van der Waals surface area contributed by atoms with Crippen LogP contribution < -0.4 is 0 Å². The Hall–Kier alpha value is -0.900. The molecule has 1 amide bonds. The molecule has 2 rings (SSSR count). The van der Waals surface area contributed by atoms with E-state index in [2.05, 4.69) is 0 Å². The molecule has 0 N–H and O–H groups in total. The molecule has 0 aromatic carbocycles. The van der Waals surface area contributed by atoms with E-state index in [9.17, 15) is 9.59 Å². The van der Waals surface area contributed by atoms with E-state index in [1.54, 1.807) is 6.92 Å². The van der Waals surface area contributed by atoms with Crippen molar-refractivity contribution < 1.29 is 9.59 Å². The first-order chi connectivity index (χ1) is 7.18. The molecule has 1 aliphatic carbocycles. The summed E-state index contributed by atoms with van der Waals surface area (Å²) in [6.45, 7) is 2.69. The predicted molar refractivity (Wildman–Crippen MR) is 56.0 cm³/mol. The summed E-state index contributed by atoms with van der Waals surface area (Å²) in [5.74, 6) is 0.329. The molecule has 0 unspecified atom stereocenters. The Morgan fingerprint density at radius 2 is 2.07 bits per heavy atom. The lowest BCUT2D eigenvalue weighted by molar-refractivity contribution is -0.144. The standard InChI is InChI=1S/C11H18N2O2/c1-9(14)8-12-7-6-11(15)13(12)10-4-2-3-5-10/h10H,2-8H2,1H3. The lowest BCUT2D eigenvalue weighted by Gasteiger charge is -2.32. The highest BCUT2D eigenvalue weighted by Crippen LogP contribution is 2.27. The number of hydrogen-bond donors (Lipinski definition) is 0. The zero-order chi connectivity index (χ0) is 10.8. The Labute approximate surface area is 90.2 Å². The molecule has 1 saturated heterocycles. The van der Waals surface area contributed by atoms with E-state index in [0.717, 1.165) is 19.4 Å². The zero-order valence-electron chi connectivity index (χ0n) is 9.24. The van der Waals surface area contributed by atoms with Gasteiger partial charge in [0.1, 0.15) is 5.78 Å². The molecule has 4 heteroatoms. The van der Waals surface area contributed by atoms with Crippen molar-refractivity contribution in [3.63, 3.8) is 0 Å². The van der Waals surface area contributed by atoms with Crippen LogP contribution in [0.25, 0.3) is 0 Å². The number of nitrogens with zero attached hydrogens (tertiary/aromatic N) is 2. The van der Waals surface area contributed by atoms with Gasteiger partial charge in [0.05, 0.1) is 6.54 Å². The van der Waals surface area contributed by atoms with Crippen LogP contribution in [0, 0.1) is 0 Å². The summed E-state index contributed by atoms with van der Waals surface area (Å²) >= 11 is 0. The average Bonchev–Trinajstić information content (AvgIpc) is 2.74. The number of amides is 1. The summed E-state index contributed by atoms with van der Waals surface area (Å²) in [4.78, 5) is 22.8. The lowest BCUT2D eigenvalue weighted by Crippen LogP contribution is -2.46. The van der Waals surface area contributed by atoms with E-state index in [1.807, 2.05) is 10.0 Å². The van der Waals surface area contributed by atoms with Crippen LogP contribution in [0.5, 0.6) is 0 Å². The molecule has 0 aromatic heterocycles. The van der Waals surface area contributed by atoms with Gasteiger partial charge in [0.15, 0.2) is 0 Å². The Balaban J connectivity index is 2.03. The van der Waals surface area contributed by atoms with Gasteiger partial charge in [0.2, 0.25) is 5.91 Å². The van der Waals surface area contributed by atoms with Gasteiger partial charge in [-0.2, -0.15) is 0 Å². The molecule has 0 radical (unpaired) electrons. The molecule has 1 saturated carbocycles. The third-order valence-electron chi connectivity index (χ3n) is 3.22. The number of hydrazine groups is 1. The minimum atomic E-state index is 0.132. The van der Waals surface area contributed by atoms with Gasteiger partial charge >= 0.3 is 0 Å². The highest BCUT2D eigenvalue weighted by atomic mass is 16.2. The van der Waals surface area contributed by atoms with Crippen molar-refractivity contribution >= 4 is 11.7 Å². The van der Waals surface area contributed by atoms with Crippen molar-refractivity contribution in [2.24, 2.45) is 0 Å². The van der Waals surface area contributed by atoms with Gasteiger partial charge in [-0.15, -0.1) is 0 Å². The largest absolute Gasteiger partial charge is 0.298 e. The second-order valence-electron chi connectivity index (χ2n) is 4.52. The third-order valence-corrected chi connectivity index (χ3v) is 3.22. The van der Waals surface area contributed by atoms with Crippen molar-refractivity contribution in [1.82, 2.24) is 10.0 Å². The zero-order valence-corrected chi connectivity index (χ0v) is 9.24. The van der Waals surface area contributed by atoms with Crippen LogP contribution in [-0.2, 0) is 9.59 Å². The van der Waals surface area contributed by atoms with Crippen LogP contribution in [0.1, 0.15) is 39.0 Å². The van der Waals surface area contributed by atoms with Crippen LogP contribution in [-0.4, -0.2) is 40.8 Å². The fourth-order valence-corrected chi connectivity index (χ4v) is 2.60. The highest BCUT2D eigenvalue weighted by Gasteiger charge is 2.36. The van der Waals surface area contributed by atoms with Crippen LogP contribution in [0.2, 0.25) is 0 Å². The fourth-order valence-electron chi connectivity index (χ4n) is 2.60. The molecule has 0 spiro atoms. The Morgan fingerprint density at radius 1 is 1.40 bits per heavy atom. The van der Waals surface area contributed by atoms with Crippen LogP contribution in [0.15, 0.2) is 0 Å². The normalized spacial score (nSPS) is 24.1. The van der Waals surface area contributed by atoms with E-state index in [1.165, 1.54) is 12.8 Å². The number of carbonyl (C=O) groups is 2. The third kappa shape index (κ3) is 2.20. The second-order valence-corrected chi connectivity index (χ2v) is 4.52. The van der Waals surface area contributed by atoms with Gasteiger partial charge in [-0.1, -0.05) is 12.8 Å². The first-order valence-electron chi connectivity index (χ1n) is 5.75. The van der Waals surface area contributed by atoms with E-state index in [0.29, 0.717) is 19.0 Å². The Bertz CT molecular complexity index is 272. The molecule has 0 atom stereocenters. The summed E-state index contributed by atoms with van der Waals surface area (Å²) in [7, 11) is 0. The van der Waals surface area contributed by atoms with Crippen LogP contribution in [0.3, 0.4) is 0 Å². The maximum absolute atomic E-state index is 11.7. The summed E-state index contributed by atoms with van der Waals surface area (Å²) in [5, 5.41) is 3.79. The molecular formula is C11H18N2O2. The van der Waals surface area contributed by atoms with Gasteiger partial charge in [-0.05, 0) is 19.8 Å². The maximum Gasteiger partial charge on any atom is 0.238 e. The van der Waals surface area contributed by atoms with Crippen LogP contribution >= 0.6 is 0 Å². The van der Waals surface area contributed by atoms with E-state index >= 15 is 0 Å². The molecule has 2 aliphatic rings. The molecular weight excluding hydrogens is 192 g/mol. The molecule has 1 aliphatic heterocycles. The molecule has 2 fully saturated rings. The first kappa shape index (κ1) is 10.6. The minimum Gasteiger partial charge on any atom is -0.298 e. The van der Waals surface area contributed by atoms with E-state index in [4.69, 9.17) is 0 Å². The smallest absolute Gasteiger partial charge is 0.238 e. The van der Waals surface area contributed by atoms with Crippen molar-refractivity contribution in [1.29, 1.82) is 0 Å². The number of hydrogen-bond acceptors (Lipinski definition) is 3. The summed E-state index contributed by atoms with van der Waals surface area (Å²) in [6, 6.07) is 0.361. The maximum atomic E-state index is 11.7. The number of rotatable bonds is 3. The summed E-state index contributed by atoms with van der Waals surface area (Å²) in [6.07, 6.45) is 5.19. The SMILES string of the molecule is CC(=O)CN1CCC(=O)N1C1CCCC1. The molecule has 1 heterocycles. The summed E-state index contributed by atoms with van der Waals surface area (Å²) < 4.78 is 0. The first-order valence-corrected chi connectivity index (χ1v) is 5.75. The van der Waals surface area contributed by atoms with E-state index < -0.39 is 0 Å². The van der Waals surface area contributed by atoms with Crippen molar-refractivity contribution in [2.45, 2.75) is 45.1 Å². The van der Waals surface area contributed by atoms with Gasteiger partial charge in [0.25, 0.3) is 0 Å². The summed E-state index contributed by atoms with van der Waals surface area (Å²) in [5.41, 5.74) is 0. The monoisotopic (exact) mass is 210 g/mol. The average molecular weight is 210 g/mol. The highest BCUT2D eigenvalue weighted by molar-refractivity contribution is 5.81. The lowest BCUT2D eigenvalue weighted by atomic mass is 10.2. The van der Waals surface area contributed by atoms with Crippen molar-refractivity contribution in [2.75, 3.05) is 13.1 Å². The molecule has 0 aromatic rings. The van der Waals surface area contributed by atoms with Crippen molar-refractivity contribution in [3.05, 3.63) is 0 Å². The van der Waals surface area contributed by atoms with Crippen molar-refractivity contribution in [3.8, 4) is 0 Å². The Kier molecular flexibility index (Phi) is 3.05. The minimum absolute atomic E-state index is 0.132. The molecule has 84 valence electrons. The molecule has 15 heavy (non-hydrogen) atoms. The fraction of sp³-hybridized carbons (Fsp3) is 0.818. The quantitative estimate of drug-likeness (QED) is 0.697. The van der Waals surface area contributed by atoms with Gasteiger partial charge in [-0.3, -0.25) is 14.6 Å². The predicted octanol–water partition coefficient (Wildman–Crippen LogP) is 0.967. The number of ketones is 1. The van der Waals surface area contributed by atoms with Gasteiger partial charge in [0, 0.05) is 19.0 Å².